The van der Waals surface area contributed by atoms with E-state index in [0.717, 1.165) is 39.1 Å². The zero-order valence-corrected chi connectivity index (χ0v) is 10.5. The second-order valence-electron chi connectivity index (χ2n) is 5.19. The molecule has 0 bridgehead atoms. The molecule has 2 fully saturated rings. The number of carbonyl (C=O) groups excluding carboxylic acids is 1. The average molecular weight is 240 g/mol. The largest absolute Gasteiger partial charge is 0.378 e. The minimum absolute atomic E-state index is 0.162. The molecular formula is C13H24N2O2. The third-order valence-corrected chi connectivity index (χ3v) is 3.73. The SMILES string of the molecule is O=C(CC1CCCCO1)NCC1CCNCC1. The van der Waals surface area contributed by atoms with Gasteiger partial charge in [0, 0.05) is 13.2 Å². The van der Waals surface area contributed by atoms with Gasteiger partial charge in [-0.2, -0.15) is 0 Å². The van der Waals surface area contributed by atoms with Crippen LogP contribution in [-0.4, -0.2) is 38.3 Å². The van der Waals surface area contributed by atoms with E-state index in [9.17, 15) is 4.79 Å². The molecule has 1 atom stereocenters. The maximum Gasteiger partial charge on any atom is 0.222 e. The molecule has 1 amide bonds. The number of piperidine rings is 1. The molecular weight excluding hydrogens is 216 g/mol. The first kappa shape index (κ1) is 12.8. The summed E-state index contributed by atoms with van der Waals surface area (Å²) in [5.41, 5.74) is 0. The normalized spacial score (nSPS) is 26.7. The van der Waals surface area contributed by atoms with E-state index in [1.165, 1.54) is 19.3 Å². The molecule has 0 aromatic heterocycles. The summed E-state index contributed by atoms with van der Waals surface area (Å²) < 4.78 is 5.57. The fourth-order valence-electron chi connectivity index (χ4n) is 2.59. The second-order valence-corrected chi connectivity index (χ2v) is 5.19. The van der Waals surface area contributed by atoms with Gasteiger partial charge in [0.25, 0.3) is 0 Å². The summed E-state index contributed by atoms with van der Waals surface area (Å²) in [5, 5.41) is 6.39. The van der Waals surface area contributed by atoms with E-state index < -0.39 is 0 Å². The van der Waals surface area contributed by atoms with Crippen LogP contribution in [0.5, 0.6) is 0 Å². The van der Waals surface area contributed by atoms with Crippen LogP contribution in [0.4, 0.5) is 0 Å². The first-order chi connectivity index (χ1) is 8.34. The van der Waals surface area contributed by atoms with Crippen molar-refractivity contribution in [2.45, 2.75) is 44.6 Å². The highest BCUT2D eigenvalue weighted by Gasteiger charge is 2.19. The molecule has 4 heteroatoms. The Hall–Kier alpha value is -0.610. The molecule has 2 saturated heterocycles. The Labute approximate surface area is 103 Å². The zero-order chi connectivity index (χ0) is 11.9. The summed E-state index contributed by atoms with van der Waals surface area (Å²) in [6, 6.07) is 0. The van der Waals surface area contributed by atoms with Gasteiger partial charge in [0.1, 0.15) is 0 Å². The van der Waals surface area contributed by atoms with E-state index in [-0.39, 0.29) is 12.0 Å². The van der Waals surface area contributed by atoms with Gasteiger partial charge in [0.15, 0.2) is 0 Å². The molecule has 2 rings (SSSR count). The van der Waals surface area contributed by atoms with Crippen molar-refractivity contribution in [3.05, 3.63) is 0 Å². The number of amides is 1. The third-order valence-electron chi connectivity index (χ3n) is 3.73. The lowest BCUT2D eigenvalue weighted by Crippen LogP contribution is -2.37. The third kappa shape index (κ3) is 4.64. The maximum atomic E-state index is 11.7. The van der Waals surface area contributed by atoms with Crippen LogP contribution in [0.15, 0.2) is 0 Å². The van der Waals surface area contributed by atoms with Gasteiger partial charge in [-0.15, -0.1) is 0 Å². The summed E-state index contributed by atoms with van der Waals surface area (Å²) in [4.78, 5) is 11.7. The van der Waals surface area contributed by atoms with Crippen LogP contribution in [0.25, 0.3) is 0 Å². The highest BCUT2D eigenvalue weighted by atomic mass is 16.5. The second kappa shape index (κ2) is 6.97. The molecule has 4 nitrogen and oxygen atoms in total. The molecule has 0 aromatic carbocycles. The molecule has 2 N–H and O–H groups in total. The van der Waals surface area contributed by atoms with Crippen LogP contribution in [0.1, 0.15) is 38.5 Å². The lowest BCUT2D eigenvalue weighted by molar-refractivity contribution is -0.125. The molecule has 2 aliphatic heterocycles. The number of hydrogen-bond donors (Lipinski definition) is 2. The van der Waals surface area contributed by atoms with Gasteiger partial charge in [0.2, 0.25) is 5.91 Å². The van der Waals surface area contributed by atoms with Gasteiger partial charge >= 0.3 is 0 Å². The quantitative estimate of drug-likeness (QED) is 0.772. The summed E-state index contributed by atoms with van der Waals surface area (Å²) >= 11 is 0. The van der Waals surface area contributed by atoms with Crippen molar-refractivity contribution >= 4 is 5.91 Å². The molecule has 0 aliphatic carbocycles. The highest BCUT2D eigenvalue weighted by molar-refractivity contribution is 5.76. The van der Waals surface area contributed by atoms with Crippen molar-refractivity contribution in [3.8, 4) is 0 Å². The van der Waals surface area contributed by atoms with Crippen LogP contribution in [-0.2, 0) is 9.53 Å². The van der Waals surface area contributed by atoms with E-state index in [1.807, 2.05) is 0 Å². The fraction of sp³-hybridized carbons (Fsp3) is 0.923. The van der Waals surface area contributed by atoms with Crippen molar-refractivity contribution < 1.29 is 9.53 Å². The van der Waals surface area contributed by atoms with Crippen molar-refractivity contribution in [1.82, 2.24) is 10.6 Å². The predicted molar refractivity (Wildman–Crippen MR) is 66.8 cm³/mol. The number of carbonyl (C=O) groups is 1. The molecule has 1 unspecified atom stereocenters. The Kier molecular flexibility index (Phi) is 5.26. The molecule has 17 heavy (non-hydrogen) atoms. The van der Waals surface area contributed by atoms with Crippen LogP contribution in [0, 0.1) is 5.92 Å². The van der Waals surface area contributed by atoms with E-state index in [2.05, 4.69) is 10.6 Å². The first-order valence-electron chi connectivity index (χ1n) is 6.93. The van der Waals surface area contributed by atoms with Crippen molar-refractivity contribution in [3.63, 3.8) is 0 Å². The molecule has 0 saturated carbocycles. The van der Waals surface area contributed by atoms with E-state index >= 15 is 0 Å². The minimum Gasteiger partial charge on any atom is -0.378 e. The van der Waals surface area contributed by atoms with Crippen LogP contribution in [0.2, 0.25) is 0 Å². The van der Waals surface area contributed by atoms with Gasteiger partial charge in [-0.3, -0.25) is 4.79 Å². The van der Waals surface area contributed by atoms with Crippen LogP contribution < -0.4 is 10.6 Å². The highest BCUT2D eigenvalue weighted by Crippen LogP contribution is 2.15. The summed E-state index contributed by atoms with van der Waals surface area (Å²) in [6.45, 7) is 3.85. The van der Waals surface area contributed by atoms with Crippen molar-refractivity contribution in [2.24, 2.45) is 5.92 Å². The number of nitrogens with one attached hydrogen (secondary N) is 2. The fourth-order valence-corrected chi connectivity index (χ4v) is 2.59. The number of rotatable bonds is 4. The van der Waals surface area contributed by atoms with Gasteiger partial charge in [-0.1, -0.05) is 0 Å². The molecule has 0 aromatic rings. The average Bonchev–Trinajstić information content (AvgIpc) is 2.39. The molecule has 0 radical (unpaired) electrons. The lowest BCUT2D eigenvalue weighted by atomic mass is 9.98. The molecule has 2 heterocycles. The summed E-state index contributed by atoms with van der Waals surface area (Å²) in [6.07, 6.45) is 6.46. The Bertz CT molecular complexity index is 234. The monoisotopic (exact) mass is 240 g/mol. The first-order valence-corrected chi connectivity index (χ1v) is 6.93. The zero-order valence-electron chi connectivity index (χ0n) is 10.5. The smallest absolute Gasteiger partial charge is 0.222 e. The molecule has 98 valence electrons. The van der Waals surface area contributed by atoms with Crippen LogP contribution >= 0.6 is 0 Å². The Morgan fingerprint density at radius 2 is 2.06 bits per heavy atom. The van der Waals surface area contributed by atoms with Crippen LogP contribution in [0.3, 0.4) is 0 Å². The number of ether oxygens (including phenoxy) is 1. The topological polar surface area (TPSA) is 50.4 Å². The number of hydrogen-bond acceptors (Lipinski definition) is 3. The van der Waals surface area contributed by atoms with Crippen molar-refractivity contribution in [2.75, 3.05) is 26.2 Å². The predicted octanol–water partition coefficient (Wildman–Crippen LogP) is 1.06. The van der Waals surface area contributed by atoms with E-state index in [1.54, 1.807) is 0 Å². The van der Waals surface area contributed by atoms with E-state index in [0.29, 0.717) is 12.3 Å². The van der Waals surface area contributed by atoms with Gasteiger partial charge < -0.3 is 15.4 Å². The summed E-state index contributed by atoms with van der Waals surface area (Å²) in [5.74, 6) is 0.822. The van der Waals surface area contributed by atoms with E-state index in [4.69, 9.17) is 4.74 Å². The standard InChI is InChI=1S/C13H24N2O2/c16-13(9-12-3-1-2-8-17-12)15-10-11-4-6-14-7-5-11/h11-12,14H,1-10H2,(H,15,16). The van der Waals surface area contributed by atoms with Gasteiger partial charge in [-0.05, 0) is 51.1 Å². The Balaban J connectivity index is 1.59. The van der Waals surface area contributed by atoms with Crippen molar-refractivity contribution in [1.29, 1.82) is 0 Å². The Morgan fingerprint density at radius 3 is 2.76 bits per heavy atom. The minimum atomic E-state index is 0.162. The maximum absolute atomic E-state index is 11.7. The Morgan fingerprint density at radius 1 is 1.24 bits per heavy atom. The lowest BCUT2D eigenvalue weighted by Gasteiger charge is -2.24. The molecule has 0 spiro atoms. The van der Waals surface area contributed by atoms with Gasteiger partial charge in [0.05, 0.1) is 12.5 Å². The van der Waals surface area contributed by atoms with Gasteiger partial charge in [-0.25, -0.2) is 0 Å². The summed E-state index contributed by atoms with van der Waals surface area (Å²) in [7, 11) is 0. The molecule has 2 aliphatic rings.